The van der Waals surface area contributed by atoms with Gasteiger partial charge in [-0.05, 0) is 12.5 Å². The van der Waals surface area contributed by atoms with Crippen LogP contribution >= 0.6 is 0 Å². The van der Waals surface area contributed by atoms with Crippen LogP contribution in [0.3, 0.4) is 0 Å². The predicted octanol–water partition coefficient (Wildman–Crippen LogP) is -5.97. The van der Waals surface area contributed by atoms with Crippen molar-refractivity contribution in [1.29, 1.82) is 0 Å². The standard InChI is InChI=1S/C22H30N6O13/c1-2-7-5-28(12(7)20(36)37)18(35)11(26-17(34)10(23)13(31)8(29)6-40-21(24)38)16-14(32)15(33)19(41-16)27-4-3-9(30)25-22(27)39/h2-4,8,10-16,19,29,31-33H,5-6,23H2,1H3,(H2,24,38)(H,26,34)(H,36,37)(H,25,30,39). The van der Waals surface area contributed by atoms with E-state index in [1.165, 1.54) is 6.08 Å². The van der Waals surface area contributed by atoms with Crippen molar-refractivity contribution >= 4 is 23.9 Å². The van der Waals surface area contributed by atoms with E-state index in [1.807, 2.05) is 4.98 Å². The second kappa shape index (κ2) is 12.6. The number of rotatable bonds is 10. The van der Waals surface area contributed by atoms with Gasteiger partial charge in [-0.15, -0.1) is 0 Å². The van der Waals surface area contributed by atoms with Crippen LogP contribution in [0.5, 0.6) is 0 Å². The first-order valence-electron chi connectivity index (χ1n) is 12.0. The van der Waals surface area contributed by atoms with Gasteiger partial charge in [0.15, 0.2) is 12.3 Å². The number of ether oxygens (including phenoxy) is 2. The number of H-pyrrole nitrogens is 1. The summed E-state index contributed by atoms with van der Waals surface area (Å²) in [6.07, 6.45) is -10.2. The average Bonchev–Trinajstić information content (AvgIpc) is 3.17. The smallest absolute Gasteiger partial charge is 0.404 e. The van der Waals surface area contributed by atoms with Gasteiger partial charge < -0.3 is 56.7 Å². The van der Waals surface area contributed by atoms with Gasteiger partial charge in [0.25, 0.3) is 5.56 Å². The van der Waals surface area contributed by atoms with Gasteiger partial charge in [-0.1, -0.05) is 6.08 Å². The summed E-state index contributed by atoms with van der Waals surface area (Å²) in [4.78, 5) is 75.5. The van der Waals surface area contributed by atoms with Crippen molar-refractivity contribution in [1.82, 2.24) is 19.8 Å². The van der Waals surface area contributed by atoms with Gasteiger partial charge in [-0.2, -0.15) is 0 Å². The molecule has 226 valence electrons. The number of aliphatic carboxylic acids is 1. The number of carboxylic acids is 1. The zero-order valence-corrected chi connectivity index (χ0v) is 21.4. The van der Waals surface area contributed by atoms with E-state index in [9.17, 15) is 54.3 Å². The van der Waals surface area contributed by atoms with Crippen LogP contribution in [-0.2, 0) is 23.9 Å². The molecule has 0 spiro atoms. The Bertz CT molecular complexity index is 1330. The number of nitrogens with zero attached hydrogens (tertiary/aromatic N) is 2. The normalized spacial score (nSPS) is 27.8. The molecular weight excluding hydrogens is 556 g/mol. The number of hydrogen-bond donors (Lipinski definition) is 9. The molecule has 2 aliphatic heterocycles. The Kier molecular flexibility index (Phi) is 9.63. The number of carboxylic acid groups (broad SMARTS) is 1. The number of carbonyl (C=O) groups excluding carboxylic acids is 3. The quantitative estimate of drug-likeness (QED) is 0.115. The maximum Gasteiger partial charge on any atom is 0.404 e. The van der Waals surface area contributed by atoms with E-state index in [1.54, 1.807) is 6.92 Å². The molecular formula is C22H30N6O13. The Morgan fingerprint density at radius 3 is 2.46 bits per heavy atom. The highest BCUT2D eigenvalue weighted by molar-refractivity contribution is 5.95. The van der Waals surface area contributed by atoms with Crippen LogP contribution in [0, 0.1) is 0 Å². The van der Waals surface area contributed by atoms with Crippen molar-refractivity contribution in [3.8, 4) is 0 Å². The number of primary amides is 1. The molecule has 3 heterocycles. The monoisotopic (exact) mass is 586 g/mol. The third-order valence-electron chi connectivity index (χ3n) is 6.66. The van der Waals surface area contributed by atoms with Gasteiger partial charge in [-0.25, -0.2) is 14.4 Å². The molecule has 9 atom stereocenters. The SMILES string of the molecule is CC=C1CN(C(=O)C(NC(=O)C(N)C(O)C(O)COC(N)=O)C2OC(n3ccc(=O)[nH]c3=O)C(O)C2O)C1C(=O)O. The van der Waals surface area contributed by atoms with Crippen LogP contribution in [0.4, 0.5) is 4.79 Å². The molecule has 9 unspecified atom stereocenters. The molecule has 0 aromatic carbocycles. The third-order valence-corrected chi connectivity index (χ3v) is 6.66. The summed E-state index contributed by atoms with van der Waals surface area (Å²) in [6.45, 7) is 0.531. The number of amides is 3. The summed E-state index contributed by atoms with van der Waals surface area (Å²) in [5.41, 5.74) is 9.05. The molecule has 0 saturated carbocycles. The number of aromatic nitrogens is 2. The number of hydrogen-bond acceptors (Lipinski definition) is 13. The molecule has 2 fully saturated rings. The number of carbonyl (C=O) groups is 4. The summed E-state index contributed by atoms with van der Waals surface area (Å²) in [6, 6.07) is -4.44. The molecule has 0 bridgehead atoms. The molecule has 0 aliphatic carbocycles. The van der Waals surface area contributed by atoms with E-state index in [-0.39, 0.29) is 6.54 Å². The summed E-state index contributed by atoms with van der Waals surface area (Å²) in [5, 5.41) is 53.3. The van der Waals surface area contributed by atoms with Gasteiger partial charge in [0.05, 0.1) is 0 Å². The molecule has 0 radical (unpaired) electrons. The van der Waals surface area contributed by atoms with Crippen molar-refractivity contribution in [2.45, 2.75) is 61.8 Å². The lowest BCUT2D eigenvalue weighted by Gasteiger charge is -2.43. The highest BCUT2D eigenvalue weighted by Crippen LogP contribution is 2.33. The lowest BCUT2D eigenvalue weighted by Crippen LogP contribution is -2.67. The summed E-state index contributed by atoms with van der Waals surface area (Å²) in [7, 11) is 0. The maximum absolute atomic E-state index is 13.5. The molecule has 1 aromatic rings. The average molecular weight is 587 g/mol. The zero-order chi connectivity index (χ0) is 30.8. The van der Waals surface area contributed by atoms with Gasteiger partial charge in [0, 0.05) is 18.8 Å². The largest absolute Gasteiger partial charge is 0.479 e. The van der Waals surface area contributed by atoms with Crippen LogP contribution < -0.4 is 28.0 Å². The summed E-state index contributed by atoms with van der Waals surface area (Å²) >= 11 is 0. The van der Waals surface area contributed by atoms with Gasteiger partial charge in [-0.3, -0.25) is 23.9 Å². The number of nitrogens with one attached hydrogen (secondary N) is 2. The Morgan fingerprint density at radius 1 is 1.24 bits per heavy atom. The highest BCUT2D eigenvalue weighted by atomic mass is 16.6. The van der Waals surface area contributed by atoms with Crippen molar-refractivity contribution < 1.29 is 54.2 Å². The van der Waals surface area contributed by atoms with Crippen LogP contribution in [0.25, 0.3) is 0 Å². The number of aliphatic hydroxyl groups excluding tert-OH is 4. The first-order valence-corrected chi connectivity index (χ1v) is 12.0. The lowest BCUT2D eigenvalue weighted by molar-refractivity contribution is -0.157. The van der Waals surface area contributed by atoms with E-state index in [0.29, 0.717) is 10.1 Å². The number of allylic oxidation sites excluding steroid dienone is 1. The van der Waals surface area contributed by atoms with Crippen molar-refractivity contribution in [3.63, 3.8) is 0 Å². The number of nitrogens with two attached hydrogens (primary N) is 2. The van der Waals surface area contributed by atoms with E-state index in [0.717, 1.165) is 17.2 Å². The maximum atomic E-state index is 13.5. The summed E-state index contributed by atoms with van der Waals surface area (Å²) in [5.74, 6) is -3.80. The van der Waals surface area contributed by atoms with E-state index < -0.39 is 96.6 Å². The molecule has 11 N–H and O–H groups in total. The number of aromatic amines is 1. The van der Waals surface area contributed by atoms with Crippen LogP contribution in [0.2, 0.25) is 0 Å². The topological polar surface area (TPSA) is 310 Å². The minimum absolute atomic E-state index is 0.176. The molecule has 2 saturated heterocycles. The fourth-order valence-corrected chi connectivity index (χ4v) is 4.40. The van der Waals surface area contributed by atoms with Gasteiger partial charge >= 0.3 is 17.8 Å². The van der Waals surface area contributed by atoms with Crippen molar-refractivity contribution in [2.24, 2.45) is 11.5 Å². The highest BCUT2D eigenvalue weighted by Gasteiger charge is 2.53. The molecule has 2 aliphatic rings. The van der Waals surface area contributed by atoms with Crippen LogP contribution in [0.15, 0.2) is 33.5 Å². The van der Waals surface area contributed by atoms with Crippen LogP contribution in [-0.4, -0.2) is 126 Å². The predicted molar refractivity (Wildman–Crippen MR) is 132 cm³/mol. The van der Waals surface area contributed by atoms with Gasteiger partial charge in [0.1, 0.15) is 49.2 Å². The van der Waals surface area contributed by atoms with Crippen LogP contribution in [0.1, 0.15) is 13.2 Å². The van der Waals surface area contributed by atoms with Gasteiger partial charge in [0.2, 0.25) is 11.8 Å². The minimum atomic E-state index is -2.07. The lowest BCUT2D eigenvalue weighted by atomic mass is 9.92. The zero-order valence-electron chi connectivity index (χ0n) is 21.4. The fraction of sp³-hybridized carbons (Fsp3) is 0.545. The Balaban J connectivity index is 1.92. The fourth-order valence-electron chi connectivity index (χ4n) is 4.40. The third kappa shape index (κ3) is 6.45. The van der Waals surface area contributed by atoms with E-state index >= 15 is 0 Å². The number of aliphatic hydroxyl groups is 4. The molecule has 3 amide bonds. The molecule has 3 rings (SSSR count). The van der Waals surface area contributed by atoms with E-state index in [2.05, 4.69) is 10.1 Å². The summed E-state index contributed by atoms with van der Waals surface area (Å²) < 4.78 is 10.7. The molecule has 41 heavy (non-hydrogen) atoms. The number of likely N-dealkylation sites (tertiary alicyclic amines) is 1. The van der Waals surface area contributed by atoms with E-state index in [4.69, 9.17) is 16.2 Å². The Labute approximate surface area is 229 Å². The van der Waals surface area contributed by atoms with Crippen molar-refractivity contribution in [2.75, 3.05) is 13.2 Å². The second-order valence-electron chi connectivity index (χ2n) is 9.26. The minimum Gasteiger partial charge on any atom is -0.479 e. The van der Waals surface area contributed by atoms with Crippen molar-refractivity contribution in [3.05, 3.63) is 44.8 Å². The molecule has 1 aromatic heterocycles. The first kappa shape index (κ1) is 31.4. The second-order valence-corrected chi connectivity index (χ2v) is 9.26. The Morgan fingerprint density at radius 2 is 1.90 bits per heavy atom. The molecule has 19 nitrogen and oxygen atoms in total. The molecule has 19 heteroatoms. The Hall–Kier alpha value is -4.14. The first-order chi connectivity index (χ1) is 19.2.